The van der Waals surface area contributed by atoms with Crippen LogP contribution in [-0.2, 0) is 0 Å². The summed E-state index contributed by atoms with van der Waals surface area (Å²) in [6.07, 6.45) is 0.917. The zero-order valence-corrected chi connectivity index (χ0v) is 12.2. The summed E-state index contributed by atoms with van der Waals surface area (Å²) >= 11 is 0. The van der Waals surface area contributed by atoms with E-state index in [-0.39, 0.29) is 17.7 Å². The van der Waals surface area contributed by atoms with Crippen molar-refractivity contribution < 1.29 is 9.90 Å². The van der Waals surface area contributed by atoms with Crippen molar-refractivity contribution in [3.05, 3.63) is 42.0 Å². The minimum Gasteiger partial charge on any atom is -0.507 e. The number of amides is 1. The van der Waals surface area contributed by atoms with E-state index in [0.29, 0.717) is 11.5 Å². The van der Waals surface area contributed by atoms with Gasteiger partial charge in [-0.15, -0.1) is 0 Å². The summed E-state index contributed by atoms with van der Waals surface area (Å²) in [4.78, 5) is 12.2. The summed E-state index contributed by atoms with van der Waals surface area (Å²) in [6, 6.07) is 11.1. The number of carbonyl (C=O) groups is 1. The lowest BCUT2D eigenvalue weighted by atomic mass is 10.0. The van der Waals surface area contributed by atoms with Gasteiger partial charge in [0, 0.05) is 6.04 Å². The first-order valence-corrected chi connectivity index (χ1v) is 7.00. The molecule has 0 saturated heterocycles. The van der Waals surface area contributed by atoms with Gasteiger partial charge in [0.05, 0.1) is 5.56 Å². The van der Waals surface area contributed by atoms with E-state index >= 15 is 0 Å². The first-order valence-electron chi connectivity index (χ1n) is 7.00. The third-order valence-electron chi connectivity index (χ3n) is 3.31. The lowest BCUT2D eigenvalue weighted by molar-refractivity contribution is 0.0933. The highest BCUT2D eigenvalue weighted by atomic mass is 16.3. The van der Waals surface area contributed by atoms with Gasteiger partial charge >= 0.3 is 0 Å². The fourth-order valence-electron chi connectivity index (χ4n) is 2.48. The molecule has 0 spiro atoms. The molecule has 2 aromatic rings. The molecule has 0 bridgehead atoms. The van der Waals surface area contributed by atoms with Gasteiger partial charge in [-0.2, -0.15) is 0 Å². The zero-order chi connectivity index (χ0) is 14.7. The second-order valence-electron chi connectivity index (χ2n) is 5.72. The van der Waals surface area contributed by atoms with Crippen LogP contribution in [0.5, 0.6) is 5.75 Å². The molecular formula is C17H21NO2. The van der Waals surface area contributed by atoms with Crippen LogP contribution in [0.2, 0.25) is 0 Å². The Bertz CT molecular complexity index is 619. The molecule has 0 fully saturated rings. The number of benzene rings is 2. The summed E-state index contributed by atoms with van der Waals surface area (Å²) in [5.74, 6) is 0.329. The van der Waals surface area contributed by atoms with Gasteiger partial charge in [0.2, 0.25) is 0 Å². The van der Waals surface area contributed by atoms with Crippen LogP contribution in [0.4, 0.5) is 0 Å². The number of hydrogen-bond donors (Lipinski definition) is 2. The highest BCUT2D eigenvalue weighted by molar-refractivity contribution is 6.01. The van der Waals surface area contributed by atoms with Gasteiger partial charge in [0.15, 0.2) is 0 Å². The molecule has 0 aliphatic rings. The van der Waals surface area contributed by atoms with Gasteiger partial charge in [-0.3, -0.25) is 4.79 Å². The molecular weight excluding hydrogens is 250 g/mol. The second-order valence-corrected chi connectivity index (χ2v) is 5.72. The minimum atomic E-state index is -0.221. The van der Waals surface area contributed by atoms with E-state index in [2.05, 4.69) is 19.2 Å². The lowest BCUT2D eigenvalue weighted by Crippen LogP contribution is -2.33. The molecule has 1 atom stereocenters. The second kappa shape index (κ2) is 5.95. The number of fused-ring (bicyclic) bond motifs is 1. The summed E-state index contributed by atoms with van der Waals surface area (Å²) < 4.78 is 0. The van der Waals surface area contributed by atoms with Crippen molar-refractivity contribution in [3.63, 3.8) is 0 Å². The molecule has 0 aliphatic carbocycles. The highest BCUT2D eigenvalue weighted by Crippen LogP contribution is 2.25. The predicted octanol–water partition coefficient (Wildman–Crippen LogP) is 3.71. The number of phenolic OH excluding ortho intramolecular Hbond substituents is 1. The summed E-state index contributed by atoms with van der Waals surface area (Å²) in [5.41, 5.74) is 0.333. The molecule has 2 N–H and O–H groups in total. The first-order chi connectivity index (χ1) is 9.47. The smallest absolute Gasteiger partial charge is 0.255 e. The number of phenols is 1. The Labute approximate surface area is 119 Å². The molecule has 20 heavy (non-hydrogen) atoms. The SMILES string of the molecule is CC(C)CC(C)NC(=O)c1cc2ccccc2cc1O. The standard InChI is InChI=1S/C17H21NO2/c1-11(2)8-12(3)18-17(20)15-9-13-6-4-5-7-14(13)10-16(15)19/h4-7,9-12,19H,8H2,1-3H3,(H,18,20). The molecule has 0 heterocycles. The maximum Gasteiger partial charge on any atom is 0.255 e. The van der Waals surface area contributed by atoms with Crippen LogP contribution in [-0.4, -0.2) is 17.1 Å². The third-order valence-corrected chi connectivity index (χ3v) is 3.31. The van der Waals surface area contributed by atoms with E-state index in [1.54, 1.807) is 12.1 Å². The van der Waals surface area contributed by atoms with Gasteiger partial charge in [-0.05, 0) is 42.2 Å². The van der Waals surface area contributed by atoms with Crippen molar-refractivity contribution in [2.24, 2.45) is 5.92 Å². The van der Waals surface area contributed by atoms with Gasteiger partial charge in [-0.1, -0.05) is 38.1 Å². The Hall–Kier alpha value is -2.03. The third kappa shape index (κ3) is 3.29. The van der Waals surface area contributed by atoms with Crippen molar-refractivity contribution in [2.75, 3.05) is 0 Å². The van der Waals surface area contributed by atoms with Crippen LogP contribution in [0, 0.1) is 5.92 Å². The van der Waals surface area contributed by atoms with Crippen LogP contribution < -0.4 is 5.32 Å². The average Bonchev–Trinajstić information content (AvgIpc) is 2.36. The minimum absolute atomic E-state index is 0.0259. The molecule has 1 amide bonds. The van der Waals surface area contributed by atoms with Crippen molar-refractivity contribution in [3.8, 4) is 5.75 Å². The Morgan fingerprint density at radius 2 is 1.75 bits per heavy atom. The molecule has 2 aromatic carbocycles. The topological polar surface area (TPSA) is 49.3 Å². The Kier molecular flexibility index (Phi) is 4.28. The molecule has 0 aromatic heterocycles. The quantitative estimate of drug-likeness (QED) is 0.890. The van der Waals surface area contributed by atoms with Gasteiger partial charge in [0.25, 0.3) is 5.91 Å². The van der Waals surface area contributed by atoms with Crippen LogP contribution in [0.1, 0.15) is 37.6 Å². The van der Waals surface area contributed by atoms with E-state index in [1.165, 1.54) is 0 Å². The number of aromatic hydroxyl groups is 1. The monoisotopic (exact) mass is 271 g/mol. The van der Waals surface area contributed by atoms with E-state index in [4.69, 9.17) is 0 Å². The molecule has 0 aliphatic heterocycles. The zero-order valence-electron chi connectivity index (χ0n) is 12.2. The average molecular weight is 271 g/mol. The Morgan fingerprint density at radius 3 is 2.35 bits per heavy atom. The van der Waals surface area contributed by atoms with Crippen LogP contribution in [0.25, 0.3) is 10.8 Å². The molecule has 3 nitrogen and oxygen atoms in total. The fourth-order valence-corrected chi connectivity index (χ4v) is 2.48. The van der Waals surface area contributed by atoms with Crippen LogP contribution >= 0.6 is 0 Å². The number of carbonyl (C=O) groups excluding carboxylic acids is 1. The Balaban J connectivity index is 2.23. The van der Waals surface area contributed by atoms with Crippen molar-refractivity contribution in [1.29, 1.82) is 0 Å². The van der Waals surface area contributed by atoms with Gasteiger partial charge in [0.1, 0.15) is 5.75 Å². The van der Waals surface area contributed by atoms with E-state index in [9.17, 15) is 9.90 Å². The molecule has 3 heteroatoms. The van der Waals surface area contributed by atoms with Gasteiger partial charge in [-0.25, -0.2) is 0 Å². The number of nitrogens with one attached hydrogen (secondary N) is 1. The van der Waals surface area contributed by atoms with E-state index in [0.717, 1.165) is 17.2 Å². The van der Waals surface area contributed by atoms with Crippen LogP contribution in [0.3, 0.4) is 0 Å². The fraction of sp³-hybridized carbons (Fsp3) is 0.353. The number of hydrogen-bond acceptors (Lipinski definition) is 2. The Morgan fingerprint density at radius 1 is 1.15 bits per heavy atom. The summed E-state index contributed by atoms with van der Waals surface area (Å²) in [7, 11) is 0. The molecule has 0 saturated carbocycles. The molecule has 106 valence electrons. The summed E-state index contributed by atoms with van der Waals surface area (Å²) in [6.45, 7) is 6.22. The normalized spacial score (nSPS) is 12.6. The molecule has 1 unspecified atom stereocenters. The summed E-state index contributed by atoms with van der Waals surface area (Å²) in [5, 5.41) is 14.8. The van der Waals surface area contributed by atoms with E-state index < -0.39 is 0 Å². The van der Waals surface area contributed by atoms with Gasteiger partial charge < -0.3 is 10.4 Å². The highest BCUT2D eigenvalue weighted by Gasteiger charge is 2.15. The van der Waals surface area contributed by atoms with E-state index in [1.807, 2.05) is 31.2 Å². The molecule has 0 radical (unpaired) electrons. The number of rotatable bonds is 4. The van der Waals surface area contributed by atoms with Crippen molar-refractivity contribution in [2.45, 2.75) is 33.2 Å². The van der Waals surface area contributed by atoms with Crippen LogP contribution in [0.15, 0.2) is 36.4 Å². The predicted molar refractivity (Wildman–Crippen MR) is 82.0 cm³/mol. The molecule has 2 rings (SSSR count). The van der Waals surface area contributed by atoms with Crippen molar-refractivity contribution in [1.82, 2.24) is 5.32 Å². The van der Waals surface area contributed by atoms with Crippen molar-refractivity contribution >= 4 is 16.7 Å². The largest absolute Gasteiger partial charge is 0.507 e. The maximum absolute atomic E-state index is 12.2. The maximum atomic E-state index is 12.2. The lowest BCUT2D eigenvalue weighted by Gasteiger charge is -2.16. The first kappa shape index (κ1) is 14.4.